The Balaban J connectivity index is 1.74. The summed E-state index contributed by atoms with van der Waals surface area (Å²) in [6.45, 7) is 1.93. The predicted molar refractivity (Wildman–Crippen MR) is 132 cm³/mol. The van der Waals surface area contributed by atoms with Crippen LogP contribution in [0.2, 0.25) is 0 Å². The van der Waals surface area contributed by atoms with Gasteiger partial charge in [-0.3, -0.25) is 4.79 Å². The average Bonchev–Trinajstić information content (AvgIpc) is 3.21. The van der Waals surface area contributed by atoms with Crippen LogP contribution in [-0.4, -0.2) is 62.9 Å². The molecule has 5 rings (SSSR count). The van der Waals surface area contributed by atoms with Crippen LogP contribution in [0.15, 0.2) is 48.5 Å². The molecule has 12 heteroatoms. The summed E-state index contributed by atoms with van der Waals surface area (Å²) in [5.41, 5.74) is 1.90. The Morgan fingerprint density at radius 3 is 2.29 bits per heavy atom. The fourth-order valence-electron chi connectivity index (χ4n) is 4.47. The van der Waals surface area contributed by atoms with E-state index in [1.807, 2.05) is 0 Å². The lowest BCUT2D eigenvalue weighted by Crippen LogP contribution is -2.48. The fourth-order valence-corrected chi connectivity index (χ4v) is 4.47. The molecule has 2 aromatic carbocycles. The quantitative estimate of drug-likeness (QED) is 0.403. The number of ether oxygens (including phenoxy) is 1. The highest BCUT2D eigenvalue weighted by molar-refractivity contribution is 6.00. The molecular formula is C26H21F2N5O5. The van der Waals surface area contributed by atoms with E-state index in [0.717, 1.165) is 12.1 Å². The summed E-state index contributed by atoms with van der Waals surface area (Å²) in [6, 6.07) is 11.0. The number of likely N-dealkylation sites (tertiary alicyclic amines) is 1. The van der Waals surface area contributed by atoms with Gasteiger partial charge in [0, 0.05) is 37.7 Å². The number of anilines is 1. The standard InChI is InChI=1S/C26H21F2N5O5/c1-13(34)29-18-5-3-14(4-6-18)20-10-21(25(35)36)30-24-22(20)23(15-11-32(12-15)26(37)38-2)31-33(24)19-8-16(27)7-17(28)9-19/h3-10,15H,11-12H2,1-2H3,(H,29,34)(H,35,36). The van der Waals surface area contributed by atoms with Crippen LogP contribution in [0.1, 0.15) is 29.0 Å². The number of methoxy groups -OCH3 is 1. The molecule has 3 heterocycles. The third-order valence-electron chi connectivity index (χ3n) is 6.19. The molecule has 0 radical (unpaired) electrons. The predicted octanol–water partition coefficient (Wildman–Crippen LogP) is 4.19. The molecule has 0 bridgehead atoms. The van der Waals surface area contributed by atoms with E-state index in [1.54, 1.807) is 24.3 Å². The van der Waals surface area contributed by atoms with Crippen LogP contribution in [0.4, 0.5) is 19.3 Å². The smallest absolute Gasteiger partial charge is 0.409 e. The molecule has 0 aliphatic carbocycles. The van der Waals surface area contributed by atoms with Crippen molar-refractivity contribution in [3.05, 3.63) is 71.6 Å². The zero-order valence-corrected chi connectivity index (χ0v) is 20.2. The van der Waals surface area contributed by atoms with Gasteiger partial charge < -0.3 is 20.1 Å². The molecule has 0 unspecified atom stereocenters. The second kappa shape index (κ2) is 9.54. The van der Waals surface area contributed by atoms with Gasteiger partial charge in [-0.15, -0.1) is 0 Å². The zero-order chi connectivity index (χ0) is 27.1. The number of carbonyl (C=O) groups is 3. The number of hydrogen-bond acceptors (Lipinski definition) is 6. The molecule has 1 saturated heterocycles. The molecule has 2 N–H and O–H groups in total. The highest BCUT2D eigenvalue weighted by atomic mass is 19.1. The largest absolute Gasteiger partial charge is 0.477 e. The van der Waals surface area contributed by atoms with Crippen LogP contribution in [0.3, 0.4) is 0 Å². The zero-order valence-electron chi connectivity index (χ0n) is 20.2. The number of nitrogens with zero attached hydrogens (tertiary/aromatic N) is 4. The van der Waals surface area contributed by atoms with E-state index in [4.69, 9.17) is 4.74 Å². The van der Waals surface area contributed by atoms with Crippen molar-refractivity contribution in [1.82, 2.24) is 19.7 Å². The number of nitrogens with one attached hydrogen (secondary N) is 1. The summed E-state index contributed by atoms with van der Waals surface area (Å²) >= 11 is 0. The van der Waals surface area contributed by atoms with Gasteiger partial charge in [-0.25, -0.2) is 28.0 Å². The maximum Gasteiger partial charge on any atom is 0.409 e. The number of pyridine rings is 1. The summed E-state index contributed by atoms with van der Waals surface area (Å²) in [7, 11) is 1.28. The summed E-state index contributed by atoms with van der Waals surface area (Å²) in [6.07, 6.45) is -0.503. The Labute approximate surface area is 214 Å². The third-order valence-corrected chi connectivity index (χ3v) is 6.19. The first-order valence-corrected chi connectivity index (χ1v) is 11.5. The van der Waals surface area contributed by atoms with Crippen LogP contribution in [0, 0.1) is 11.6 Å². The highest BCUT2D eigenvalue weighted by Gasteiger charge is 2.37. The molecule has 0 saturated carbocycles. The van der Waals surface area contributed by atoms with Crippen molar-refractivity contribution in [1.29, 1.82) is 0 Å². The van der Waals surface area contributed by atoms with Crippen molar-refractivity contribution in [2.24, 2.45) is 0 Å². The molecule has 4 aromatic rings. The normalized spacial score (nSPS) is 13.3. The monoisotopic (exact) mass is 521 g/mol. The van der Waals surface area contributed by atoms with E-state index < -0.39 is 23.7 Å². The number of carboxylic acids is 1. The Morgan fingerprint density at radius 2 is 1.71 bits per heavy atom. The maximum atomic E-state index is 14.1. The van der Waals surface area contributed by atoms with Gasteiger partial charge in [-0.1, -0.05) is 12.1 Å². The van der Waals surface area contributed by atoms with E-state index >= 15 is 0 Å². The first-order chi connectivity index (χ1) is 18.1. The number of hydrogen-bond donors (Lipinski definition) is 2. The topological polar surface area (TPSA) is 127 Å². The molecule has 1 aliphatic heterocycles. The number of amides is 2. The van der Waals surface area contributed by atoms with Crippen LogP contribution < -0.4 is 5.32 Å². The van der Waals surface area contributed by atoms with Gasteiger partial charge in [0.1, 0.15) is 11.6 Å². The summed E-state index contributed by atoms with van der Waals surface area (Å²) in [5, 5.41) is 17.6. The molecule has 2 aromatic heterocycles. The van der Waals surface area contributed by atoms with Gasteiger partial charge in [0.2, 0.25) is 5.91 Å². The van der Waals surface area contributed by atoms with Gasteiger partial charge in [0.15, 0.2) is 11.3 Å². The van der Waals surface area contributed by atoms with Crippen molar-refractivity contribution in [3.63, 3.8) is 0 Å². The second-order valence-electron chi connectivity index (χ2n) is 8.81. The Hall–Kier alpha value is -4.87. The molecule has 1 fully saturated rings. The molecule has 0 atom stereocenters. The SMILES string of the molecule is COC(=O)N1CC(c2nn(-c3cc(F)cc(F)c3)c3nc(C(=O)O)cc(-c4ccc(NC(C)=O)cc4)c23)C1. The van der Waals surface area contributed by atoms with Crippen LogP contribution in [0.25, 0.3) is 27.8 Å². The molecule has 194 valence electrons. The number of aromatic carboxylic acids is 1. The van der Waals surface area contributed by atoms with Crippen molar-refractivity contribution >= 4 is 34.7 Å². The molecule has 1 aliphatic rings. The van der Waals surface area contributed by atoms with Crippen molar-refractivity contribution in [3.8, 4) is 16.8 Å². The van der Waals surface area contributed by atoms with E-state index in [0.29, 0.717) is 34.0 Å². The Morgan fingerprint density at radius 1 is 1.05 bits per heavy atom. The lowest BCUT2D eigenvalue weighted by atomic mass is 9.91. The summed E-state index contributed by atoms with van der Waals surface area (Å²) in [4.78, 5) is 41.1. The van der Waals surface area contributed by atoms with E-state index in [-0.39, 0.29) is 41.9 Å². The molecular weight excluding hydrogens is 500 g/mol. The van der Waals surface area contributed by atoms with Gasteiger partial charge in [0.25, 0.3) is 0 Å². The Bertz CT molecular complexity index is 1580. The van der Waals surface area contributed by atoms with Crippen LogP contribution in [-0.2, 0) is 9.53 Å². The number of halogens is 2. The lowest BCUT2D eigenvalue weighted by molar-refractivity contribution is -0.114. The first-order valence-electron chi connectivity index (χ1n) is 11.5. The minimum absolute atomic E-state index is 0.0184. The average molecular weight is 521 g/mol. The number of rotatable bonds is 5. The summed E-state index contributed by atoms with van der Waals surface area (Å²) in [5.74, 6) is -3.50. The van der Waals surface area contributed by atoms with Gasteiger partial charge in [0.05, 0.1) is 23.9 Å². The first kappa shape index (κ1) is 24.8. The number of benzene rings is 2. The number of fused-ring (bicyclic) bond motifs is 1. The van der Waals surface area contributed by atoms with Gasteiger partial charge >= 0.3 is 12.1 Å². The van der Waals surface area contributed by atoms with Crippen molar-refractivity contribution < 1.29 is 33.0 Å². The third kappa shape index (κ3) is 4.51. The maximum absolute atomic E-state index is 14.1. The van der Waals surface area contributed by atoms with Crippen molar-refractivity contribution in [2.45, 2.75) is 12.8 Å². The number of carboxylic acid groups (broad SMARTS) is 1. The second-order valence-corrected chi connectivity index (χ2v) is 8.81. The van der Waals surface area contributed by atoms with Crippen LogP contribution >= 0.6 is 0 Å². The Kier molecular flexibility index (Phi) is 6.23. The minimum Gasteiger partial charge on any atom is -0.477 e. The van der Waals surface area contributed by atoms with Gasteiger partial charge in [-0.2, -0.15) is 5.10 Å². The highest BCUT2D eigenvalue weighted by Crippen LogP contribution is 2.39. The molecule has 2 amide bonds. The summed E-state index contributed by atoms with van der Waals surface area (Å²) < 4.78 is 34.2. The van der Waals surface area contributed by atoms with Gasteiger partial charge in [-0.05, 0) is 41.5 Å². The minimum atomic E-state index is -1.30. The number of carbonyl (C=O) groups excluding carboxylic acids is 2. The molecule has 10 nitrogen and oxygen atoms in total. The van der Waals surface area contributed by atoms with E-state index in [1.165, 1.54) is 29.7 Å². The molecule has 38 heavy (non-hydrogen) atoms. The lowest BCUT2D eigenvalue weighted by Gasteiger charge is -2.37. The molecule has 0 spiro atoms. The van der Waals surface area contributed by atoms with E-state index in [2.05, 4.69) is 15.4 Å². The fraction of sp³-hybridized carbons (Fsp3) is 0.192. The van der Waals surface area contributed by atoms with E-state index in [9.17, 15) is 28.3 Å². The number of aromatic nitrogens is 3. The van der Waals surface area contributed by atoms with Crippen molar-refractivity contribution in [2.75, 3.05) is 25.5 Å². The van der Waals surface area contributed by atoms with Crippen LogP contribution in [0.5, 0.6) is 0 Å².